The Labute approximate surface area is 191 Å². The Hall–Kier alpha value is -3.30. The van der Waals surface area contributed by atoms with E-state index in [9.17, 15) is 18.0 Å². The van der Waals surface area contributed by atoms with Crippen molar-refractivity contribution in [2.75, 3.05) is 6.54 Å². The second-order valence-corrected chi connectivity index (χ2v) is 8.86. The molecule has 0 saturated heterocycles. The number of halogens is 3. The van der Waals surface area contributed by atoms with Crippen LogP contribution in [-0.4, -0.2) is 26.4 Å². The van der Waals surface area contributed by atoms with Gasteiger partial charge in [-0.05, 0) is 35.2 Å². The third kappa shape index (κ3) is 4.60. The van der Waals surface area contributed by atoms with E-state index >= 15 is 0 Å². The van der Waals surface area contributed by atoms with E-state index in [4.69, 9.17) is 0 Å². The molecule has 0 amide bonds. The fourth-order valence-corrected chi connectivity index (χ4v) is 4.62. The van der Waals surface area contributed by atoms with E-state index in [1.54, 1.807) is 18.3 Å². The first-order valence-corrected chi connectivity index (χ1v) is 11.3. The molecule has 168 valence electrons. The second-order valence-electron chi connectivity index (χ2n) is 7.91. The smallest absolute Gasteiger partial charge is 0.306 e. The van der Waals surface area contributed by atoms with Crippen molar-refractivity contribution in [2.24, 2.45) is 0 Å². The first-order chi connectivity index (χ1) is 15.9. The summed E-state index contributed by atoms with van der Waals surface area (Å²) < 4.78 is 38.9. The highest BCUT2D eigenvalue weighted by atomic mass is 32.1. The van der Waals surface area contributed by atoms with Crippen molar-refractivity contribution in [3.05, 3.63) is 92.8 Å². The Kier molecular flexibility index (Phi) is 5.59. The maximum Gasteiger partial charge on any atom is 0.416 e. The molecule has 1 N–H and O–H groups in total. The Morgan fingerprint density at radius 1 is 1.12 bits per heavy atom. The van der Waals surface area contributed by atoms with Crippen LogP contribution in [0.3, 0.4) is 0 Å². The van der Waals surface area contributed by atoms with Crippen molar-refractivity contribution in [3.63, 3.8) is 0 Å². The maximum atomic E-state index is 13.0. The zero-order valence-electron chi connectivity index (χ0n) is 17.4. The van der Waals surface area contributed by atoms with E-state index in [1.807, 2.05) is 23.6 Å². The number of nitrogens with one attached hydrogen (secondary N) is 1. The van der Waals surface area contributed by atoms with Crippen molar-refractivity contribution < 1.29 is 13.2 Å². The van der Waals surface area contributed by atoms with Gasteiger partial charge >= 0.3 is 6.18 Å². The van der Waals surface area contributed by atoms with E-state index in [2.05, 4.69) is 19.9 Å². The number of hydrogen-bond acceptors (Lipinski definition) is 5. The summed E-state index contributed by atoms with van der Waals surface area (Å²) >= 11 is 1.53. The number of alkyl halides is 3. The van der Waals surface area contributed by atoms with E-state index < -0.39 is 11.7 Å². The number of aromatic amines is 1. The van der Waals surface area contributed by atoms with Crippen LogP contribution in [0.25, 0.3) is 22.0 Å². The Balaban J connectivity index is 1.30. The van der Waals surface area contributed by atoms with Crippen LogP contribution in [0.15, 0.2) is 64.9 Å². The van der Waals surface area contributed by atoms with Crippen LogP contribution < -0.4 is 5.56 Å². The number of rotatable bonds is 4. The molecular weight excluding hydrogens is 449 g/mol. The minimum absolute atomic E-state index is 0.119. The van der Waals surface area contributed by atoms with Gasteiger partial charge in [-0.1, -0.05) is 24.3 Å². The molecule has 0 fully saturated rings. The molecule has 0 atom stereocenters. The monoisotopic (exact) mass is 468 g/mol. The quantitative estimate of drug-likeness (QED) is 0.451. The molecule has 3 aromatic heterocycles. The van der Waals surface area contributed by atoms with Gasteiger partial charge in [0.25, 0.3) is 5.56 Å². The average molecular weight is 469 g/mol. The maximum absolute atomic E-state index is 13.0. The number of benzene rings is 1. The highest BCUT2D eigenvalue weighted by Crippen LogP contribution is 2.32. The Bertz CT molecular complexity index is 1330. The molecule has 1 aliphatic heterocycles. The summed E-state index contributed by atoms with van der Waals surface area (Å²) in [7, 11) is 0. The molecule has 1 aromatic carbocycles. The van der Waals surface area contributed by atoms with Crippen LogP contribution in [0.5, 0.6) is 0 Å². The zero-order chi connectivity index (χ0) is 23.0. The van der Waals surface area contributed by atoms with E-state index in [1.165, 1.54) is 17.4 Å². The van der Waals surface area contributed by atoms with Crippen molar-refractivity contribution in [3.8, 4) is 22.0 Å². The number of hydrogen-bond donors (Lipinski definition) is 1. The number of thiophene rings is 1. The van der Waals surface area contributed by atoms with Gasteiger partial charge in [-0.15, -0.1) is 11.3 Å². The summed E-state index contributed by atoms with van der Waals surface area (Å²) in [6.45, 7) is 1.82. The average Bonchev–Trinajstić information content (AvgIpc) is 3.35. The molecule has 33 heavy (non-hydrogen) atoms. The molecule has 9 heteroatoms. The fourth-order valence-electron chi connectivity index (χ4n) is 3.95. The molecule has 0 aliphatic carbocycles. The van der Waals surface area contributed by atoms with Gasteiger partial charge in [-0.3, -0.25) is 14.7 Å². The molecule has 0 saturated carbocycles. The zero-order valence-corrected chi connectivity index (χ0v) is 18.2. The van der Waals surface area contributed by atoms with Crippen LogP contribution in [-0.2, 0) is 25.7 Å². The van der Waals surface area contributed by atoms with Gasteiger partial charge in [0.15, 0.2) is 5.82 Å². The van der Waals surface area contributed by atoms with E-state index in [0.717, 1.165) is 34.8 Å². The Morgan fingerprint density at radius 3 is 2.73 bits per heavy atom. The van der Waals surface area contributed by atoms with Gasteiger partial charge in [-0.2, -0.15) is 13.2 Å². The van der Waals surface area contributed by atoms with Crippen LogP contribution in [0.1, 0.15) is 22.4 Å². The summed E-state index contributed by atoms with van der Waals surface area (Å²) in [6, 6.07) is 12.6. The first-order valence-electron chi connectivity index (χ1n) is 10.4. The number of aromatic nitrogens is 3. The lowest BCUT2D eigenvalue weighted by atomic mass is 10.1. The molecule has 0 unspecified atom stereocenters. The lowest BCUT2D eigenvalue weighted by molar-refractivity contribution is -0.137. The van der Waals surface area contributed by atoms with Crippen LogP contribution in [0.2, 0.25) is 0 Å². The predicted molar refractivity (Wildman–Crippen MR) is 121 cm³/mol. The van der Waals surface area contributed by atoms with Gasteiger partial charge in [0.1, 0.15) is 0 Å². The molecule has 0 bridgehead atoms. The normalized spacial score (nSPS) is 14.3. The summed E-state index contributed by atoms with van der Waals surface area (Å²) in [5, 5.41) is 1.95. The third-order valence-corrected chi connectivity index (χ3v) is 6.50. The largest absolute Gasteiger partial charge is 0.416 e. The first kappa shape index (κ1) is 21.5. The molecule has 1 aliphatic rings. The molecule has 0 radical (unpaired) electrons. The van der Waals surface area contributed by atoms with Crippen molar-refractivity contribution in [2.45, 2.75) is 25.7 Å². The fraction of sp³-hybridized carbons (Fsp3) is 0.208. The summed E-state index contributed by atoms with van der Waals surface area (Å²) in [5.74, 6) is 0.608. The molecule has 4 heterocycles. The van der Waals surface area contributed by atoms with Crippen molar-refractivity contribution in [1.82, 2.24) is 19.9 Å². The summed E-state index contributed by atoms with van der Waals surface area (Å²) in [5.41, 5.74) is 2.52. The lowest BCUT2D eigenvalue weighted by Crippen LogP contribution is -2.35. The predicted octanol–water partition coefficient (Wildman–Crippen LogP) is 5.14. The number of pyridine rings is 1. The van der Waals surface area contributed by atoms with Crippen LogP contribution in [0, 0.1) is 0 Å². The second kappa shape index (κ2) is 8.57. The van der Waals surface area contributed by atoms with Gasteiger partial charge < -0.3 is 4.98 Å². The van der Waals surface area contributed by atoms with Crippen LogP contribution >= 0.6 is 11.3 Å². The van der Waals surface area contributed by atoms with Gasteiger partial charge in [0.2, 0.25) is 0 Å². The summed E-state index contributed by atoms with van der Waals surface area (Å²) in [4.78, 5) is 27.7. The molecule has 0 spiro atoms. The summed E-state index contributed by atoms with van der Waals surface area (Å²) in [6.07, 6.45) is -2.04. The van der Waals surface area contributed by atoms with Gasteiger partial charge in [0, 0.05) is 37.8 Å². The number of H-pyrrole nitrogens is 1. The lowest BCUT2D eigenvalue weighted by Gasteiger charge is -2.27. The number of fused-ring (bicyclic) bond motifs is 1. The van der Waals surface area contributed by atoms with Crippen molar-refractivity contribution >= 4 is 11.3 Å². The SMILES string of the molecule is O=c1[nH]c(-c2cccs2)nc2c1CN(Cc1ccc(-c3cccc(C(F)(F)F)c3)nc1)CC2. The molecular formula is C24H19F3N4OS. The minimum atomic E-state index is -4.39. The van der Waals surface area contributed by atoms with E-state index in [-0.39, 0.29) is 5.56 Å². The minimum Gasteiger partial charge on any atom is -0.306 e. The van der Waals surface area contributed by atoms with Gasteiger partial charge in [0.05, 0.1) is 27.4 Å². The number of nitrogens with zero attached hydrogens (tertiary/aromatic N) is 3. The standard InChI is InChI=1S/C24H19F3N4OS/c25-24(26,27)17-4-1-3-16(11-17)19-7-6-15(12-28-19)13-31-9-8-20-18(14-31)23(32)30-22(29-20)21-5-2-10-33-21/h1-7,10-12H,8-9,13-14H2,(H,29,30,32). The highest BCUT2D eigenvalue weighted by Gasteiger charge is 2.30. The molecule has 5 rings (SSSR count). The van der Waals surface area contributed by atoms with E-state index in [0.29, 0.717) is 42.2 Å². The Morgan fingerprint density at radius 2 is 2.00 bits per heavy atom. The van der Waals surface area contributed by atoms with Crippen LogP contribution in [0.4, 0.5) is 13.2 Å². The topological polar surface area (TPSA) is 61.9 Å². The van der Waals surface area contributed by atoms with Gasteiger partial charge in [-0.25, -0.2) is 4.98 Å². The highest BCUT2D eigenvalue weighted by molar-refractivity contribution is 7.13. The molecule has 5 nitrogen and oxygen atoms in total. The third-order valence-electron chi connectivity index (χ3n) is 5.62. The van der Waals surface area contributed by atoms with Crippen molar-refractivity contribution in [1.29, 1.82) is 0 Å². The molecule has 4 aromatic rings.